The van der Waals surface area contributed by atoms with Gasteiger partial charge >= 0.3 is 0 Å². The van der Waals surface area contributed by atoms with Crippen LogP contribution in [-0.4, -0.2) is 109 Å². The molecule has 1 aliphatic carbocycles. The first-order chi connectivity index (χ1) is 20.9. The lowest BCUT2D eigenvalue weighted by atomic mass is 9.82. The molecule has 7 nitrogen and oxygen atoms in total. The first-order valence-corrected chi connectivity index (χ1v) is 18.0. The fourth-order valence-electron chi connectivity index (χ4n) is 6.77. The molecule has 2 aliphatic heterocycles. The average molecular weight is 629 g/mol. The summed E-state index contributed by atoms with van der Waals surface area (Å²) in [5, 5.41) is 3.95. The highest BCUT2D eigenvalue weighted by atomic mass is 16.5. The Kier molecular flexibility index (Phi) is 12.3. The molecule has 0 unspecified atom stereocenters. The summed E-state index contributed by atoms with van der Waals surface area (Å²) in [4.78, 5) is 8.05. The van der Waals surface area contributed by atoms with E-state index in [1.54, 1.807) is 0 Å². The van der Waals surface area contributed by atoms with Crippen molar-refractivity contribution in [2.45, 2.75) is 130 Å². The van der Waals surface area contributed by atoms with Crippen LogP contribution in [0.15, 0.2) is 24.3 Å². The summed E-state index contributed by atoms with van der Waals surface area (Å²) >= 11 is 0. The summed E-state index contributed by atoms with van der Waals surface area (Å²) in [5.74, 6) is 2.61. The molecule has 2 heterocycles. The SMILES string of the molecule is CC(C)(C)COc1cccc(O[C@H]2C[C@@H](NC(C)(C)CCC(C)(C)N3CC(CN4CCCN(CCOC(C)(C)C)CC4)C3)C2)c1. The monoisotopic (exact) mass is 629 g/mol. The van der Waals surface area contributed by atoms with Gasteiger partial charge < -0.3 is 24.4 Å². The number of ether oxygens (including phenoxy) is 3. The zero-order chi connectivity index (χ0) is 32.9. The van der Waals surface area contributed by atoms with Crippen LogP contribution in [0.1, 0.15) is 101 Å². The van der Waals surface area contributed by atoms with E-state index in [9.17, 15) is 0 Å². The predicted octanol–water partition coefficient (Wildman–Crippen LogP) is 6.70. The van der Waals surface area contributed by atoms with E-state index >= 15 is 0 Å². The molecule has 0 amide bonds. The number of rotatable bonds is 15. The van der Waals surface area contributed by atoms with Crippen LogP contribution in [-0.2, 0) is 4.74 Å². The molecule has 1 saturated carbocycles. The third kappa shape index (κ3) is 12.6. The molecule has 1 aromatic carbocycles. The Morgan fingerprint density at radius 2 is 1.49 bits per heavy atom. The molecule has 258 valence electrons. The van der Waals surface area contributed by atoms with Crippen molar-refractivity contribution in [3.63, 3.8) is 0 Å². The minimum Gasteiger partial charge on any atom is -0.493 e. The van der Waals surface area contributed by atoms with E-state index in [2.05, 4.69) is 89.3 Å². The molecule has 0 bridgehead atoms. The Bertz CT molecular complexity index is 1030. The van der Waals surface area contributed by atoms with Crippen LogP contribution >= 0.6 is 0 Å². The van der Waals surface area contributed by atoms with Gasteiger partial charge in [-0.1, -0.05) is 26.8 Å². The number of nitrogens with one attached hydrogen (secondary N) is 1. The summed E-state index contributed by atoms with van der Waals surface area (Å²) < 4.78 is 18.2. The van der Waals surface area contributed by atoms with Crippen molar-refractivity contribution in [3.8, 4) is 11.5 Å². The number of nitrogens with zero attached hydrogens (tertiary/aromatic N) is 3. The highest BCUT2D eigenvalue weighted by Gasteiger charge is 2.40. The molecule has 0 aromatic heterocycles. The van der Waals surface area contributed by atoms with E-state index in [0.29, 0.717) is 12.6 Å². The normalized spacial score (nSPS) is 23.3. The molecule has 0 radical (unpaired) electrons. The van der Waals surface area contributed by atoms with E-state index in [1.165, 1.54) is 65.1 Å². The van der Waals surface area contributed by atoms with Crippen LogP contribution in [0.2, 0.25) is 0 Å². The maximum absolute atomic E-state index is 6.30. The van der Waals surface area contributed by atoms with Crippen molar-refractivity contribution in [3.05, 3.63) is 24.3 Å². The van der Waals surface area contributed by atoms with Crippen molar-refractivity contribution in [2.75, 3.05) is 65.6 Å². The Balaban J connectivity index is 1.10. The van der Waals surface area contributed by atoms with E-state index in [1.807, 2.05) is 24.3 Å². The zero-order valence-corrected chi connectivity index (χ0v) is 30.7. The quantitative estimate of drug-likeness (QED) is 0.232. The highest BCUT2D eigenvalue weighted by Crippen LogP contribution is 2.34. The van der Waals surface area contributed by atoms with Crippen molar-refractivity contribution in [2.24, 2.45) is 11.3 Å². The predicted molar refractivity (Wildman–Crippen MR) is 188 cm³/mol. The minimum atomic E-state index is -0.0417. The van der Waals surface area contributed by atoms with Gasteiger partial charge in [0, 0.05) is 62.5 Å². The van der Waals surface area contributed by atoms with Crippen LogP contribution in [0, 0.1) is 11.3 Å². The molecular weight excluding hydrogens is 560 g/mol. The Labute approximate surface area is 276 Å². The Morgan fingerprint density at radius 1 is 0.822 bits per heavy atom. The van der Waals surface area contributed by atoms with E-state index in [0.717, 1.165) is 43.4 Å². The van der Waals surface area contributed by atoms with Crippen molar-refractivity contribution >= 4 is 0 Å². The Hall–Kier alpha value is -1.38. The molecule has 0 spiro atoms. The smallest absolute Gasteiger partial charge is 0.123 e. The lowest BCUT2D eigenvalue weighted by Crippen LogP contribution is -2.60. The van der Waals surface area contributed by atoms with Crippen LogP contribution in [0.3, 0.4) is 0 Å². The maximum atomic E-state index is 6.30. The maximum Gasteiger partial charge on any atom is 0.123 e. The molecule has 3 fully saturated rings. The first kappa shape index (κ1) is 36.5. The van der Waals surface area contributed by atoms with E-state index in [-0.39, 0.29) is 28.2 Å². The number of benzene rings is 1. The van der Waals surface area contributed by atoms with Crippen molar-refractivity contribution < 1.29 is 14.2 Å². The van der Waals surface area contributed by atoms with Gasteiger partial charge in [0.15, 0.2) is 0 Å². The third-order valence-electron chi connectivity index (χ3n) is 9.78. The molecule has 7 heteroatoms. The van der Waals surface area contributed by atoms with E-state index in [4.69, 9.17) is 14.2 Å². The molecular formula is C38H68N4O3. The minimum absolute atomic E-state index is 0.0417. The molecule has 45 heavy (non-hydrogen) atoms. The number of likely N-dealkylation sites (tertiary alicyclic amines) is 1. The van der Waals surface area contributed by atoms with Gasteiger partial charge in [-0.2, -0.15) is 0 Å². The highest BCUT2D eigenvalue weighted by molar-refractivity contribution is 5.33. The van der Waals surface area contributed by atoms with Crippen molar-refractivity contribution in [1.29, 1.82) is 0 Å². The van der Waals surface area contributed by atoms with Gasteiger partial charge in [0.25, 0.3) is 0 Å². The number of hydrogen-bond acceptors (Lipinski definition) is 7. The standard InChI is InChI=1S/C38H68N4O3/c1-35(2,3)29-43-32-13-11-14-33(25-32)45-34-23-31(24-34)39-37(7,8)15-16-38(9,10)42-27-30(28-42)26-41-18-12-17-40(19-20-41)21-22-44-36(4,5)6/h11,13-14,25,30-31,34,39H,12,15-24,26-29H2,1-10H3/t31-,34+. The van der Waals surface area contributed by atoms with Gasteiger partial charge in [0.05, 0.1) is 18.8 Å². The van der Waals surface area contributed by atoms with Crippen molar-refractivity contribution in [1.82, 2.24) is 20.0 Å². The molecule has 2 saturated heterocycles. The topological polar surface area (TPSA) is 49.4 Å². The lowest BCUT2D eigenvalue weighted by molar-refractivity contribution is -0.0198. The molecule has 4 rings (SSSR count). The van der Waals surface area contributed by atoms with Gasteiger partial charge in [0.2, 0.25) is 0 Å². The van der Waals surface area contributed by atoms with Crippen LogP contribution < -0.4 is 14.8 Å². The van der Waals surface area contributed by atoms with E-state index < -0.39 is 0 Å². The van der Waals surface area contributed by atoms with Crippen LogP contribution in [0.25, 0.3) is 0 Å². The molecule has 3 aliphatic rings. The van der Waals surface area contributed by atoms with Gasteiger partial charge in [0.1, 0.15) is 17.6 Å². The van der Waals surface area contributed by atoms with Gasteiger partial charge in [-0.15, -0.1) is 0 Å². The van der Waals surface area contributed by atoms with Gasteiger partial charge in [-0.25, -0.2) is 0 Å². The lowest BCUT2D eigenvalue weighted by Gasteiger charge is -2.51. The fraction of sp³-hybridized carbons (Fsp3) is 0.842. The summed E-state index contributed by atoms with van der Waals surface area (Å²) in [6.45, 7) is 33.8. The second-order valence-corrected chi connectivity index (χ2v) is 17.8. The molecule has 0 atom stereocenters. The summed E-state index contributed by atoms with van der Waals surface area (Å²) in [7, 11) is 0. The zero-order valence-electron chi connectivity index (χ0n) is 30.7. The molecule has 1 aromatic rings. The average Bonchev–Trinajstić information content (AvgIpc) is 3.11. The first-order valence-electron chi connectivity index (χ1n) is 18.0. The number of hydrogen-bond donors (Lipinski definition) is 1. The second kappa shape index (κ2) is 15.2. The summed E-state index contributed by atoms with van der Waals surface area (Å²) in [6.07, 6.45) is 6.06. The second-order valence-electron chi connectivity index (χ2n) is 17.8. The van der Waals surface area contributed by atoms with Gasteiger partial charge in [-0.3, -0.25) is 9.80 Å². The van der Waals surface area contributed by atoms with Gasteiger partial charge in [-0.05, 0) is 117 Å². The fourth-order valence-corrected chi connectivity index (χ4v) is 6.77. The third-order valence-corrected chi connectivity index (χ3v) is 9.78. The molecule has 1 N–H and O–H groups in total. The summed E-state index contributed by atoms with van der Waals surface area (Å²) in [5.41, 5.74) is 0.457. The Morgan fingerprint density at radius 3 is 2.18 bits per heavy atom. The van der Waals surface area contributed by atoms with Crippen LogP contribution in [0.5, 0.6) is 11.5 Å². The largest absolute Gasteiger partial charge is 0.493 e. The summed E-state index contributed by atoms with van der Waals surface area (Å²) in [6, 6.07) is 8.65. The van der Waals surface area contributed by atoms with Crippen LogP contribution in [0.4, 0.5) is 0 Å².